The fourth-order valence-electron chi connectivity index (χ4n) is 5.01. The monoisotopic (exact) mass is 512 g/mol. The minimum Gasteiger partial charge on any atom is -0.345 e. The summed E-state index contributed by atoms with van der Waals surface area (Å²) in [5, 5.41) is 8.92. The van der Waals surface area contributed by atoms with Gasteiger partial charge in [0.2, 0.25) is 0 Å². The third kappa shape index (κ3) is 7.38. The van der Waals surface area contributed by atoms with Gasteiger partial charge in [0.15, 0.2) is 0 Å². The number of piperidine rings is 1. The molecule has 2 N–H and O–H groups in total. The molecule has 0 unspecified atom stereocenters. The summed E-state index contributed by atoms with van der Waals surface area (Å²) >= 11 is 1.52. The molecule has 0 radical (unpaired) electrons. The maximum Gasteiger partial charge on any atom is 0.317 e. The fraction of sp³-hybridized carbons (Fsp3) is 0.536. The van der Waals surface area contributed by atoms with Crippen LogP contribution in [-0.4, -0.2) is 47.0 Å². The van der Waals surface area contributed by atoms with Gasteiger partial charge in [-0.15, -0.1) is 11.3 Å². The van der Waals surface area contributed by atoms with Gasteiger partial charge in [0, 0.05) is 36.5 Å². The number of likely N-dealkylation sites (tertiary alicyclic amines) is 1. The van der Waals surface area contributed by atoms with Gasteiger partial charge in [0.25, 0.3) is 5.91 Å². The molecule has 0 atom stereocenters. The average molecular weight is 513 g/mol. The Kier molecular flexibility index (Phi) is 8.77. The van der Waals surface area contributed by atoms with Gasteiger partial charge in [-0.1, -0.05) is 23.8 Å². The lowest BCUT2D eigenvalue weighted by Gasteiger charge is -2.31. The molecule has 0 saturated carbocycles. The number of thiazole rings is 1. The van der Waals surface area contributed by atoms with Crippen LogP contribution in [0.1, 0.15) is 85.8 Å². The van der Waals surface area contributed by atoms with Crippen molar-refractivity contribution in [3.63, 3.8) is 0 Å². The zero-order valence-electron chi connectivity index (χ0n) is 21.3. The number of benzene rings is 1. The maximum atomic E-state index is 13.2. The smallest absolute Gasteiger partial charge is 0.317 e. The van der Waals surface area contributed by atoms with Crippen molar-refractivity contribution in [2.24, 2.45) is 0 Å². The van der Waals surface area contributed by atoms with Crippen LogP contribution in [0.15, 0.2) is 41.3 Å². The molecule has 3 amide bonds. The SMILES string of the molecule is CC(C)(Cc1ccc(F)cc1)NC(=O)c1csc(C2CCN(C(=O)NCCC3=CCCCC3)CC2)n1. The van der Waals surface area contributed by atoms with Crippen LogP contribution in [0.4, 0.5) is 9.18 Å². The van der Waals surface area contributed by atoms with Gasteiger partial charge < -0.3 is 15.5 Å². The number of hydrogen-bond donors (Lipinski definition) is 2. The molecule has 1 saturated heterocycles. The highest BCUT2D eigenvalue weighted by molar-refractivity contribution is 7.09. The van der Waals surface area contributed by atoms with E-state index < -0.39 is 5.54 Å². The van der Waals surface area contributed by atoms with Gasteiger partial charge in [0.1, 0.15) is 11.5 Å². The predicted octanol–water partition coefficient (Wildman–Crippen LogP) is 5.81. The molecule has 1 aromatic carbocycles. The second-order valence-corrected chi connectivity index (χ2v) is 11.5. The third-order valence-corrected chi connectivity index (χ3v) is 8.01. The Hall–Kier alpha value is -2.74. The topological polar surface area (TPSA) is 74.3 Å². The van der Waals surface area contributed by atoms with Crippen molar-refractivity contribution in [3.05, 3.63) is 63.4 Å². The lowest BCUT2D eigenvalue weighted by atomic mass is 9.94. The number of urea groups is 1. The lowest BCUT2D eigenvalue weighted by molar-refractivity contribution is 0.0908. The number of nitrogens with one attached hydrogen (secondary N) is 2. The molecule has 2 aromatic rings. The molecule has 1 aromatic heterocycles. The third-order valence-electron chi connectivity index (χ3n) is 7.00. The molecule has 2 heterocycles. The summed E-state index contributed by atoms with van der Waals surface area (Å²) < 4.78 is 13.2. The van der Waals surface area contributed by atoms with E-state index >= 15 is 0 Å². The standard InChI is InChI=1S/C28H37FN4O2S/c1-28(2,18-21-8-10-23(29)11-9-21)32-25(34)24-19-36-26(31-24)22-13-16-33(17-14-22)27(35)30-15-12-20-6-4-3-5-7-20/h6,8-11,19,22H,3-5,7,12-18H2,1-2H3,(H,30,35)(H,32,34). The minimum absolute atomic E-state index is 0.0208. The van der Waals surface area contributed by atoms with Gasteiger partial charge in [-0.25, -0.2) is 14.2 Å². The van der Waals surface area contributed by atoms with E-state index in [4.69, 9.17) is 0 Å². The number of rotatable bonds is 8. The summed E-state index contributed by atoms with van der Waals surface area (Å²) in [4.78, 5) is 32.0. The summed E-state index contributed by atoms with van der Waals surface area (Å²) in [6.45, 7) is 6.01. The van der Waals surface area contributed by atoms with E-state index in [9.17, 15) is 14.0 Å². The lowest BCUT2D eigenvalue weighted by Crippen LogP contribution is -2.45. The van der Waals surface area contributed by atoms with Gasteiger partial charge in [-0.05, 0) is 82.9 Å². The zero-order valence-corrected chi connectivity index (χ0v) is 22.1. The van der Waals surface area contributed by atoms with Crippen molar-refractivity contribution in [1.29, 1.82) is 0 Å². The summed E-state index contributed by atoms with van der Waals surface area (Å²) in [5.41, 5.74) is 2.37. The van der Waals surface area contributed by atoms with Crippen molar-refractivity contribution in [2.75, 3.05) is 19.6 Å². The van der Waals surface area contributed by atoms with Crippen LogP contribution < -0.4 is 10.6 Å². The largest absolute Gasteiger partial charge is 0.345 e. The Morgan fingerprint density at radius 1 is 1.17 bits per heavy atom. The van der Waals surface area contributed by atoms with Crippen molar-refractivity contribution in [2.45, 2.75) is 76.7 Å². The summed E-state index contributed by atoms with van der Waals surface area (Å²) in [5.74, 6) is -0.204. The highest BCUT2D eigenvalue weighted by Gasteiger charge is 2.28. The van der Waals surface area contributed by atoms with Gasteiger partial charge in [0.05, 0.1) is 5.01 Å². The van der Waals surface area contributed by atoms with Crippen LogP contribution in [-0.2, 0) is 6.42 Å². The minimum atomic E-state index is -0.495. The second-order valence-electron chi connectivity index (χ2n) is 10.6. The van der Waals surface area contributed by atoms with Gasteiger partial charge in [-0.2, -0.15) is 0 Å². The van der Waals surface area contributed by atoms with E-state index in [1.807, 2.05) is 24.1 Å². The molecule has 194 valence electrons. The normalized spacial score (nSPS) is 17.0. The van der Waals surface area contributed by atoms with Crippen molar-refractivity contribution < 1.29 is 14.0 Å². The highest BCUT2D eigenvalue weighted by atomic mass is 32.1. The van der Waals surface area contributed by atoms with Crippen LogP contribution in [0.2, 0.25) is 0 Å². The van der Waals surface area contributed by atoms with Crippen LogP contribution in [0.3, 0.4) is 0 Å². The Morgan fingerprint density at radius 2 is 1.92 bits per heavy atom. The molecule has 0 bridgehead atoms. The number of allylic oxidation sites excluding steroid dienone is 1. The number of amides is 3. The molecular weight excluding hydrogens is 475 g/mol. The van der Waals surface area contributed by atoms with E-state index in [0.29, 0.717) is 31.7 Å². The number of hydrogen-bond acceptors (Lipinski definition) is 4. The van der Waals surface area contributed by atoms with Crippen molar-refractivity contribution in [3.8, 4) is 0 Å². The van der Waals surface area contributed by atoms with E-state index in [1.54, 1.807) is 12.1 Å². The first-order valence-electron chi connectivity index (χ1n) is 13.0. The molecule has 36 heavy (non-hydrogen) atoms. The van der Waals surface area contributed by atoms with E-state index in [0.717, 1.165) is 29.8 Å². The molecular formula is C28H37FN4O2S. The van der Waals surface area contributed by atoms with E-state index in [2.05, 4.69) is 21.7 Å². The fourth-order valence-corrected chi connectivity index (χ4v) is 5.98. The van der Waals surface area contributed by atoms with E-state index in [-0.39, 0.29) is 23.7 Å². The molecule has 0 spiro atoms. The van der Waals surface area contributed by atoms with E-state index in [1.165, 1.54) is 54.7 Å². The molecule has 1 aliphatic heterocycles. The van der Waals surface area contributed by atoms with Crippen molar-refractivity contribution in [1.82, 2.24) is 20.5 Å². The summed E-state index contributed by atoms with van der Waals surface area (Å²) in [6, 6.07) is 6.37. The van der Waals surface area contributed by atoms with Crippen LogP contribution in [0.5, 0.6) is 0 Å². The summed E-state index contributed by atoms with van der Waals surface area (Å²) in [6.07, 6.45) is 10.5. The Morgan fingerprint density at radius 3 is 2.61 bits per heavy atom. The molecule has 1 aliphatic carbocycles. The predicted molar refractivity (Wildman–Crippen MR) is 142 cm³/mol. The summed E-state index contributed by atoms with van der Waals surface area (Å²) in [7, 11) is 0. The average Bonchev–Trinajstić information content (AvgIpc) is 3.36. The number of aromatic nitrogens is 1. The Balaban J connectivity index is 1.22. The van der Waals surface area contributed by atoms with Crippen molar-refractivity contribution >= 4 is 23.3 Å². The van der Waals surface area contributed by atoms with Gasteiger partial charge >= 0.3 is 6.03 Å². The van der Waals surface area contributed by atoms with Crippen LogP contribution >= 0.6 is 11.3 Å². The first-order valence-corrected chi connectivity index (χ1v) is 13.9. The first-order chi connectivity index (χ1) is 17.3. The van der Waals surface area contributed by atoms with Crippen LogP contribution in [0.25, 0.3) is 0 Å². The van der Waals surface area contributed by atoms with Crippen LogP contribution in [0, 0.1) is 5.82 Å². The number of carbonyl (C=O) groups is 2. The molecule has 6 nitrogen and oxygen atoms in total. The molecule has 4 rings (SSSR count). The first kappa shape index (κ1) is 26.3. The zero-order chi connectivity index (χ0) is 25.5. The number of nitrogens with zero attached hydrogens (tertiary/aromatic N) is 2. The number of halogens is 1. The maximum absolute atomic E-state index is 13.2. The Labute approximate surface area is 217 Å². The second kappa shape index (κ2) is 12.0. The quantitative estimate of drug-likeness (QED) is 0.438. The molecule has 2 aliphatic rings. The molecule has 8 heteroatoms. The Bertz CT molecular complexity index is 1070. The molecule has 1 fully saturated rings. The number of carbonyl (C=O) groups excluding carboxylic acids is 2. The van der Waals surface area contributed by atoms with Gasteiger partial charge in [-0.3, -0.25) is 4.79 Å². The highest BCUT2D eigenvalue weighted by Crippen LogP contribution is 2.30.